The number of nitrogens with zero attached hydrogens (tertiary/aromatic N) is 3. The number of carbonyl (C=O) groups excluding carboxylic acids is 2. The summed E-state index contributed by atoms with van der Waals surface area (Å²) in [6.45, 7) is 4.23. The van der Waals surface area contributed by atoms with E-state index in [0.717, 1.165) is 12.0 Å². The van der Waals surface area contributed by atoms with E-state index in [0.29, 0.717) is 43.3 Å². The molecule has 1 aromatic carbocycles. The lowest BCUT2D eigenvalue weighted by Gasteiger charge is -2.17. The Morgan fingerprint density at radius 3 is 2.77 bits per heavy atom. The van der Waals surface area contributed by atoms with E-state index in [2.05, 4.69) is 10.4 Å². The van der Waals surface area contributed by atoms with Crippen molar-refractivity contribution in [2.75, 3.05) is 19.6 Å². The van der Waals surface area contributed by atoms with Gasteiger partial charge in [-0.25, -0.2) is 0 Å². The molecule has 7 heteroatoms. The molecule has 6 nitrogen and oxygen atoms in total. The Kier molecular flexibility index (Phi) is 5.93. The van der Waals surface area contributed by atoms with E-state index in [-0.39, 0.29) is 17.7 Å². The molecule has 1 N–H and O–H groups in total. The fraction of sp³-hybridized carbons (Fsp3) is 0.421. The average molecular weight is 375 g/mol. The summed E-state index contributed by atoms with van der Waals surface area (Å²) in [7, 11) is 0. The van der Waals surface area contributed by atoms with Crippen molar-refractivity contribution in [2.45, 2.75) is 26.3 Å². The van der Waals surface area contributed by atoms with Gasteiger partial charge in [0, 0.05) is 37.4 Å². The highest BCUT2D eigenvalue weighted by Crippen LogP contribution is 2.19. The lowest BCUT2D eigenvalue weighted by molar-refractivity contribution is -0.124. The first-order valence-corrected chi connectivity index (χ1v) is 9.29. The normalized spacial score (nSPS) is 16.7. The molecular formula is C19H23ClN4O2. The lowest BCUT2D eigenvalue weighted by atomic mass is 10.1. The summed E-state index contributed by atoms with van der Waals surface area (Å²) in [5, 5.41) is 7.82. The van der Waals surface area contributed by atoms with E-state index in [4.69, 9.17) is 11.6 Å². The van der Waals surface area contributed by atoms with Crippen molar-refractivity contribution in [3.63, 3.8) is 0 Å². The molecule has 1 aromatic heterocycles. The van der Waals surface area contributed by atoms with Crippen LogP contribution in [0.4, 0.5) is 0 Å². The zero-order chi connectivity index (χ0) is 18.5. The second-order valence-corrected chi connectivity index (χ2v) is 6.87. The number of hydrogen-bond donors (Lipinski definition) is 1. The van der Waals surface area contributed by atoms with Crippen LogP contribution in [0.25, 0.3) is 0 Å². The summed E-state index contributed by atoms with van der Waals surface area (Å²) in [4.78, 5) is 26.7. The predicted octanol–water partition coefficient (Wildman–Crippen LogP) is 2.38. The third-order valence-electron chi connectivity index (χ3n) is 4.71. The monoisotopic (exact) mass is 374 g/mol. The number of benzene rings is 1. The molecule has 0 saturated carbocycles. The summed E-state index contributed by atoms with van der Waals surface area (Å²) in [6, 6.07) is 9.34. The van der Waals surface area contributed by atoms with E-state index in [1.165, 1.54) is 0 Å². The van der Waals surface area contributed by atoms with Gasteiger partial charge in [0.25, 0.3) is 5.91 Å². The van der Waals surface area contributed by atoms with Gasteiger partial charge >= 0.3 is 0 Å². The number of rotatable bonds is 6. The predicted molar refractivity (Wildman–Crippen MR) is 100 cm³/mol. The third kappa shape index (κ3) is 4.25. The van der Waals surface area contributed by atoms with Gasteiger partial charge in [0.15, 0.2) is 0 Å². The number of amides is 2. The van der Waals surface area contributed by atoms with Crippen molar-refractivity contribution in [2.24, 2.45) is 5.92 Å². The summed E-state index contributed by atoms with van der Waals surface area (Å²) in [6.07, 6.45) is 3.08. The maximum absolute atomic E-state index is 12.6. The van der Waals surface area contributed by atoms with Crippen LogP contribution in [0.5, 0.6) is 0 Å². The molecule has 0 spiro atoms. The van der Waals surface area contributed by atoms with E-state index >= 15 is 0 Å². The molecule has 1 aliphatic heterocycles. The maximum atomic E-state index is 12.6. The van der Waals surface area contributed by atoms with Crippen LogP contribution >= 0.6 is 11.6 Å². The third-order valence-corrected chi connectivity index (χ3v) is 4.96. The SMILES string of the molecule is CCn1nccc1C(=O)N1CC[C@H](C(=O)NCCc2ccc(Cl)cc2)C1. The molecular weight excluding hydrogens is 352 g/mol. The second kappa shape index (κ2) is 8.36. The zero-order valence-electron chi connectivity index (χ0n) is 14.8. The molecule has 2 aromatic rings. The summed E-state index contributed by atoms with van der Waals surface area (Å²) < 4.78 is 1.68. The fourth-order valence-electron chi connectivity index (χ4n) is 3.21. The molecule has 0 unspecified atom stereocenters. The Morgan fingerprint density at radius 2 is 2.04 bits per heavy atom. The first-order chi connectivity index (χ1) is 12.6. The highest BCUT2D eigenvalue weighted by Gasteiger charge is 2.32. The van der Waals surface area contributed by atoms with Crippen LogP contribution < -0.4 is 5.32 Å². The van der Waals surface area contributed by atoms with Gasteiger partial charge in [-0.3, -0.25) is 14.3 Å². The van der Waals surface area contributed by atoms with Gasteiger partial charge in [0.1, 0.15) is 5.69 Å². The van der Waals surface area contributed by atoms with Crippen LogP contribution in [0, 0.1) is 5.92 Å². The largest absolute Gasteiger partial charge is 0.355 e. The highest BCUT2D eigenvalue weighted by molar-refractivity contribution is 6.30. The molecule has 1 fully saturated rings. The molecule has 1 aliphatic rings. The van der Waals surface area contributed by atoms with E-state index in [1.54, 1.807) is 21.8 Å². The van der Waals surface area contributed by atoms with Crippen molar-refractivity contribution < 1.29 is 9.59 Å². The zero-order valence-corrected chi connectivity index (χ0v) is 15.6. The average Bonchev–Trinajstić information content (AvgIpc) is 3.32. The van der Waals surface area contributed by atoms with Gasteiger partial charge in [-0.1, -0.05) is 23.7 Å². The Hall–Kier alpha value is -2.34. The summed E-state index contributed by atoms with van der Waals surface area (Å²) >= 11 is 5.87. The number of likely N-dealkylation sites (tertiary alicyclic amines) is 1. The topological polar surface area (TPSA) is 67.2 Å². The first-order valence-electron chi connectivity index (χ1n) is 8.91. The minimum Gasteiger partial charge on any atom is -0.355 e. The van der Waals surface area contributed by atoms with E-state index in [1.807, 2.05) is 31.2 Å². The Balaban J connectivity index is 1.48. The lowest BCUT2D eigenvalue weighted by Crippen LogP contribution is -2.36. The molecule has 0 radical (unpaired) electrons. The van der Waals surface area contributed by atoms with Crippen LogP contribution in [0.15, 0.2) is 36.5 Å². The molecule has 0 bridgehead atoms. The van der Waals surface area contributed by atoms with E-state index in [9.17, 15) is 9.59 Å². The van der Waals surface area contributed by atoms with Crippen molar-refractivity contribution in [1.82, 2.24) is 20.0 Å². The van der Waals surface area contributed by atoms with Crippen molar-refractivity contribution in [3.8, 4) is 0 Å². The summed E-state index contributed by atoms with van der Waals surface area (Å²) in [5.74, 6) is -0.193. The molecule has 0 aliphatic carbocycles. The van der Waals surface area contributed by atoms with Crippen LogP contribution in [-0.4, -0.2) is 46.1 Å². The van der Waals surface area contributed by atoms with Gasteiger partial charge in [0.05, 0.1) is 5.92 Å². The molecule has 26 heavy (non-hydrogen) atoms. The van der Waals surface area contributed by atoms with Crippen LogP contribution in [0.1, 0.15) is 29.4 Å². The van der Waals surface area contributed by atoms with Crippen molar-refractivity contribution >= 4 is 23.4 Å². The van der Waals surface area contributed by atoms with Gasteiger partial charge in [0.2, 0.25) is 5.91 Å². The van der Waals surface area contributed by atoms with Gasteiger partial charge in [-0.15, -0.1) is 0 Å². The molecule has 1 atom stereocenters. The van der Waals surface area contributed by atoms with E-state index < -0.39 is 0 Å². The number of hydrogen-bond acceptors (Lipinski definition) is 3. The standard InChI is InChI=1S/C19H23ClN4O2/c1-2-24-17(8-11-22-24)19(26)23-12-9-15(13-23)18(25)21-10-7-14-3-5-16(20)6-4-14/h3-6,8,11,15H,2,7,9-10,12-13H2,1H3,(H,21,25)/t15-/m0/s1. The smallest absolute Gasteiger partial charge is 0.272 e. The number of aryl methyl sites for hydroxylation is 1. The van der Waals surface area contributed by atoms with Crippen LogP contribution in [0.3, 0.4) is 0 Å². The fourth-order valence-corrected chi connectivity index (χ4v) is 3.34. The molecule has 138 valence electrons. The minimum atomic E-state index is -0.151. The molecule has 3 rings (SSSR count). The molecule has 1 saturated heterocycles. The number of halogens is 1. The van der Waals surface area contributed by atoms with Gasteiger partial charge < -0.3 is 10.2 Å². The van der Waals surface area contributed by atoms with Crippen LogP contribution in [0.2, 0.25) is 5.02 Å². The number of nitrogens with one attached hydrogen (secondary N) is 1. The Labute approximate surface area is 158 Å². The van der Waals surface area contributed by atoms with Crippen molar-refractivity contribution in [3.05, 3.63) is 52.8 Å². The quantitative estimate of drug-likeness (QED) is 0.844. The van der Waals surface area contributed by atoms with Crippen LogP contribution in [-0.2, 0) is 17.8 Å². The molecule has 2 amide bonds. The molecule has 2 heterocycles. The minimum absolute atomic E-state index is 0.0123. The highest BCUT2D eigenvalue weighted by atomic mass is 35.5. The number of carbonyl (C=O) groups is 2. The second-order valence-electron chi connectivity index (χ2n) is 6.44. The van der Waals surface area contributed by atoms with Gasteiger partial charge in [-0.2, -0.15) is 5.10 Å². The first kappa shape index (κ1) is 18.5. The maximum Gasteiger partial charge on any atom is 0.272 e. The van der Waals surface area contributed by atoms with Crippen molar-refractivity contribution in [1.29, 1.82) is 0 Å². The summed E-state index contributed by atoms with van der Waals surface area (Å²) in [5.41, 5.74) is 1.71. The number of aromatic nitrogens is 2. The van der Waals surface area contributed by atoms with Gasteiger partial charge in [-0.05, 0) is 43.5 Å². The Bertz CT molecular complexity index is 772. The Morgan fingerprint density at radius 1 is 1.27 bits per heavy atom.